The van der Waals surface area contributed by atoms with Crippen molar-refractivity contribution >= 4 is 41.7 Å². The van der Waals surface area contributed by atoms with Crippen LogP contribution in [0.15, 0.2) is 29.3 Å². The number of hydrogen-bond donors (Lipinski definition) is 2. The van der Waals surface area contributed by atoms with Gasteiger partial charge >= 0.3 is 0 Å². The Morgan fingerprint density at radius 2 is 2.11 bits per heavy atom. The molecule has 0 saturated carbocycles. The standard InChI is InChI=1S/C19H30FN3O2S.HI/c1-4-26-19(8-10-24-11-9-19)14-23-18(21-3)22-13-15(2)25-17-7-5-6-16(20)12-17;/h5-7,12,15H,4,8-11,13-14H2,1-3H3,(H2,21,22,23);1H. The van der Waals surface area contributed by atoms with E-state index in [1.807, 2.05) is 18.7 Å². The second-order valence-corrected chi connectivity index (χ2v) is 8.15. The zero-order valence-electron chi connectivity index (χ0n) is 16.3. The third kappa shape index (κ3) is 8.43. The van der Waals surface area contributed by atoms with E-state index in [9.17, 15) is 4.39 Å². The predicted molar refractivity (Wildman–Crippen MR) is 122 cm³/mol. The number of hydrogen-bond acceptors (Lipinski definition) is 4. The molecular formula is C19H31FIN3O2S. The van der Waals surface area contributed by atoms with E-state index < -0.39 is 0 Å². The van der Waals surface area contributed by atoms with Crippen molar-refractivity contribution in [3.63, 3.8) is 0 Å². The first-order valence-electron chi connectivity index (χ1n) is 9.15. The van der Waals surface area contributed by atoms with E-state index in [0.29, 0.717) is 12.3 Å². The molecule has 0 radical (unpaired) electrons. The minimum Gasteiger partial charge on any atom is -0.489 e. The summed E-state index contributed by atoms with van der Waals surface area (Å²) < 4.78 is 24.7. The fourth-order valence-corrected chi connectivity index (χ4v) is 4.18. The molecule has 1 aliphatic heterocycles. The van der Waals surface area contributed by atoms with Crippen molar-refractivity contribution < 1.29 is 13.9 Å². The van der Waals surface area contributed by atoms with Crippen LogP contribution < -0.4 is 15.4 Å². The van der Waals surface area contributed by atoms with Gasteiger partial charge in [-0.2, -0.15) is 11.8 Å². The van der Waals surface area contributed by atoms with E-state index in [4.69, 9.17) is 9.47 Å². The number of guanidine groups is 1. The van der Waals surface area contributed by atoms with E-state index in [0.717, 1.165) is 44.3 Å². The van der Waals surface area contributed by atoms with Crippen LogP contribution in [0.5, 0.6) is 5.75 Å². The van der Waals surface area contributed by atoms with Crippen molar-refractivity contribution in [2.24, 2.45) is 4.99 Å². The number of nitrogens with one attached hydrogen (secondary N) is 2. The fourth-order valence-electron chi connectivity index (χ4n) is 2.94. The van der Waals surface area contributed by atoms with Gasteiger partial charge in [0.15, 0.2) is 5.96 Å². The first-order chi connectivity index (χ1) is 12.6. The van der Waals surface area contributed by atoms with Gasteiger partial charge in [0.2, 0.25) is 0 Å². The minimum absolute atomic E-state index is 0. The topological polar surface area (TPSA) is 54.9 Å². The molecule has 1 unspecified atom stereocenters. The molecule has 8 heteroatoms. The quantitative estimate of drug-likeness (QED) is 0.317. The van der Waals surface area contributed by atoms with Crippen LogP contribution in [0.4, 0.5) is 4.39 Å². The maximum Gasteiger partial charge on any atom is 0.191 e. The summed E-state index contributed by atoms with van der Waals surface area (Å²) in [6.45, 7) is 7.21. The Morgan fingerprint density at radius 1 is 1.37 bits per heavy atom. The molecule has 1 atom stereocenters. The summed E-state index contributed by atoms with van der Waals surface area (Å²) in [5.74, 6) is 2.08. The average molecular weight is 511 g/mol. The zero-order chi connectivity index (χ0) is 18.8. The lowest BCUT2D eigenvalue weighted by Gasteiger charge is -2.37. The van der Waals surface area contributed by atoms with Gasteiger partial charge in [-0.05, 0) is 37.7 Å². The van der Waals surface area contributed by atoms with Gasteiger partial charge in [0.1, 0.15) is 17.7 Å². The number of nitrogens with zero attached hydrogens (tertiary/aromatic N) is 1. The summed E-state index contributed by atoms with van der Waals surface area (Å²) in [5, 5.41) is 6.72. The Hall–Kier alpha value is -0.740. The molecule has 0 aromatic heterocycles. The first kappa shape index (κ1) is 24.3. The summed E-state index contributed by atoms with van der Waals surface area (Å²) >= 11 is 1.99. The van der Waals surface area contributed by atoms with Crippen LogP contribution in [-0.4, -0.2) is 55.9 Å². The molecule has 0 spiro atoms. The average Bonchev–Trinajstić information content (AvgIpc) is 2.63. The first-order valence-corrected chi connectivity index (χ1v) is 10.1. The number of ether oxygens (including phenoxy) is 2. The van der Waals surface area contributed by atoms with Crippen LogP contribution in [0, 0.1) is 5.82 Å². The van der Waals surface area contributed by atoms with Gasteiger partial charge in [0, 0.05) is 37.6 Å². The highest BCUT2D eigenvalue weighted by molar-refractivity contribution is 14.0. The molecule has 0 amide bonds. The summed E-state index contributed by atoms with van der Waals surface area (Å²) in [7, 11) is 1.76. The maximum atomic E-state index is 13.2. The molecule has 5 nitrogen and oxygen atoms in total. The molecule has 1 fully saturated rings. The Morgan fingerprint density at radius 3 is 2.74 bits per heavy atom. The molecule has 0 bridgehead atoms. The van der Waals surface area contributed by atoms with Crippen LogP contribution in [0.3, 0.4) is 0 Å². The summed E-state index contributed by atoms with van der Waals surface area (Å²) in [6.07, 6.45) is 1.99. The van der Waals surface area contributed by atoms with Crippen LogP contribution >= 0.6 is 35.7 Å². The Kier molecular flexibility index (Phi) is 11.4. The second kappa shape index (κ2) is 12.7. The van der Waals surface area contributed by atoms with Crippen molar-refractivity contribution in [3.05, 3.63) is 30.1 Å². The largest absolute Gasteiger partial charge is 0.489 e. The monoisotopic (exact) mass is 511 g/mol. The predicted octanol–water partition coefficient (Wildman–Crippen LogP) is 3.68. The Labute approximate surface area is 183 Å². The summed E-state index contributed by atoms with van der Waals surface area (Å²) in [4.78, 5) is 4.30. The molecule has 154 valence electrons. The van der Waals surface area contributed by atoms with Crippen molar-refractivity contribution in [2.45, 2.75) is 37.5 Å². The van der Waals surface area contributed by atoms with E-state index in [1.165, 1.54) is 12.1 Å². The highest BCUT2D eigenvalue weighted by atomic mass is 127. The highest BCUT2D eigenvalue weighted by Gasteiger charge is 2.32. The van der Waals surface area contributed by atoms with Crippen molar-refractivity contribution in [1.82, 2.24) is 10.6 Å². The van der Waals surface area contributed by atoms with Crippen LogP contribution in [-0.2, 0) is 4.74 Å². The SMILES string of the molecule is CCSC1(CNC(=NC)NCC(C)Oc2cccc(F)c2)CCOCC1.I. The molecule has 1 heterocycles. The van der Waals surface area contributed by atoms with Crippen molar-refractivity contribution in [3.8, 4) is 5.75 Å². The molecule has 27 heavy (non-hydrogen) atoms. The molecule has 1 aromatic carbocycles. The number of rotatable bonds is 8. The van der Waals surface area contributed by atoms with E-state index in [2.05, 4.69) is 22.5 Å². The Bertz CT molecular complexity index is 580. The molecule has 0 aliphatic carbocycles. The van der Waals surface area contributed by atoms with Crippen LogP contribution in [0.25, 0.3) is 0 Å². The fraction of sp³-hybridized carbons (Fsp3) is 0.632. The molecule has 1 aliphatic rings. The third-order valence-corrected chi connectivity index (χ3v) is 5.80. The third-order valence-electron chi connectivity index (χ3n) is 4.35. The van der Waals surface area contributed by atoms with E-state index >= 15 is 0 Å². The van der Waals surface area contributed by atoms with Gasteiger partial charge in [-0.1, -0.05) is 13.0 Å². The highest BCUT2D eigenvalue weighted by Crippen LogP contribution is 2.34. The smallest absolute Gasteiger partial charge is 0.191 e. The molecule has 2 rings (SSSR count). The number of aliphatic imine (C=N–C) groups is 1. The van der Waals surface area contributed by atoms with Crippen molar-refractivity contribution in [2.75, 3.05) is 39.1 Å². The lowest BCUT2D eigenvalue weighted by atomic mass is 9.99. The van der Waals surface area contributed by atoms with Crippen molar-refractivity contribution in [1.29, 1.82) is 0 Å². The van der Waals surface area contributed by atoms with Crippen LogP contribution in [0.1, 0.15) is 26.7 Å². The summed E-state index contributed by atoms with van der Waals surface area (Å²) in [5.41, 5.74) is 0. The van der Waals surface area contributed by atoms with E-state index in [1.54, 1.807) is 19.2 Å². The van der Waals surface area contributed by atoms with Gasteiger partial charge in [-0.15, -0.1) is 24.0 Å². The molecular weight excluding hydrogens is 480 g/mol. The van der Waals surface area contributed by atoms with E-state index in [-0.39, 0.29) is 40.6 Å². The zero-order valence-corrected chi connectivity index (χ0v) is 19.4. The van der Waals surface area contributed by atoms with Crippen LogP contribution in [0.2, 0.25) is 0 Å². The number of thioether (sulfide) groups is 1. The Balaban J connectivity index is 0.00000364. The minimum atomic E-state index is -0.296. The second-order valence-electron chi connectivity index (χ2n) is 6.42. The normalized spacial score (nSPS) is 17.6. The molecule has 1 aromatic rings. The lowest BCUT2D eigenvalue weighted by molar-refractivity contribution is 0.0782. The molecule has 2 N–H and O–H groups in total. The van der Waals surface area contributed by atoms with Gasteiger partial charge in [-0.3, -0.25) is 4.99 Å². The van der Waals surface area contributed by atoms with Gasteiger partial charge < -0.3 is 20.1 Å². The molecule has 1 saturated heterocycles. The lowest BCUT2D eigenvalue weighted by Crippen LogP contribution is -2.49. The van der Waals surface area contributed by atoms with Gasteiger partial charge in [0.25, 0.3) is 0 Å². The van der Waals surface area contributed by atoms with Gasteiger partial charge in [-0.25, -0.2) is 4.39 Å². The summed E-state index contributed by atoms with van der Waals surface area (Å²) in [6, 6.07) is 6.19. The number of benzene rings is 1. The van der Waals surface area contributed by atoms with Gasteiger partial charge in [0.05, 0.1) is 6.54 Å². The maximum absolute atomic E-state index is 13.2. The number of halogens is 2.